The molecule has 1 N–H and O–H groups in total. The Morgan fingerprint density at radius 3 is 1.50 bits per heavy atom. The van der Waals surface area contributed by atoms with Gasteiger partial charge in [-0.25, -0.2) is 8.42 Å². The maximum Gasteiger partial charge on any atom is 0.206 e. The van der Waals surface area contributed by atoms with Gasteiger partial charge in [0.15, 0.2) is 0 Å². The minimum absolute atomic E-state index is 0.0197. The Kier molecular flexibility index (Phi) is 6.01. The molecule has 0 bridgehead atoms. The van der Waals surface area contributed by atoms with Crippen molar-refractivity contribution in [3.63, 3.8) is 0 Å². The molecule has 32 heavy (non-hydrogen) atoms. The van der Waals surface area contributed by atoms with E-state index < -0.39 is 9.84 Å². The second kappa shape index (κ2) is 8.89. The summed E-state index contributed by atoms with van der Waals surface area (Å²) < 4.78 is 31.3. The van der Waals surface area contributed by atoms with Gasteiger partial charge in [0.05, 0.1) is 9.79 Å². The van der Waals surface area contributed by atoms with Crippen LogP contribution in [-0.4, -0.2) is 13.5 Å². The van der Waals surface area contributed by atoms with E-state index in [1.54, 1.807) is 12.1 Å². The van der Waals surface area contributed by atoms with E-state index in [0.29, 0.717) is 17.4 Å². The second-order valence-electron chi connectivity index (χ2n) is 7.87. The minimum atomic E-state index is -3.66. The second-order valence-corrected chi connectivity index (χ2v) is 9.82. The largest absolute Gasteiger partial charge is 0.508 e. The molecule has 0 fully saturated rings. The van der Waals surface area contributed by atoms with E-state index in [1.165, 1.54) is 42.0 Å². The average molecular weight is 445 g/mol. The molecule has 0 radical (unpaired) electrons. The SMILES string of the molecule is CC(C)c1ccc(-c2ccc(Oc3ccc(S(=O)(=O)c4ccc(O)cc4)cc3)cc2)cc1. The van der Waals surface area contributed by atoms with Crippen LogP contribution < -0.4 is 4.74 Å². The van der Waals surface area contributed by atoms with Gasteiger partial charge in [0.1, 0.15) is 17.2 Å². The number of sulfone groups is 1. The van der Waals surface area contributed by atoms with Crippen molar-refractivity contribution >= 4 is 9.84 Å². The topological polar surface area (TPSA) is 63.6 Å². The number of hydrogen-bond acceptors (Lipinski definition) is 4. The standard InChI is InChI=1S/C27H24O4S/c1-19(2)20-3-5-21(6-4-20)22-7-11-24(12-8-22)31-25-13-17-27(18-14-25)32(29,30)26-15-9-23(28)10-16-26/h3-19,28H,1-2H3. The minimum Gasteiger partial charge on any atom is -0.508 e. The van der Waals surface area contributed by atoms with Crippen molar-refractivity contribution in [3.8, 4) is 28.4 Å². The third-order valence-corrected chi connectivity index (χ3v) is 7.07. The zero-order valence-electron chi connectivity index (χ0n) is 17.9. The first kappa shape index (κ1) is 21.7. The van der Waals surface area contributed by atoms with E-state index >= 15 is 0 Å². The summed E-state index contributed by atoms with van der Waals surface area (Å²) in [6.07, 6.45) is 0. The van der Waals surface area contributed by atoms with Gasteiger partial charge in [-0.15, -0.1) is 0 Å². The smallest absolute Gasteiger partial charge is 0.206 e. The predicted octanol–water partition coefficient (Wildman–Crippen LogP) is 6.81. The Morgan fingerprint density at radius 1 is 0.625 bits per heavy atom. The van der Waals surface area contributed by atoms with E-state index in [4.69, 9.17) is 4.74 Å². The molecule has 4 nitrogen and oxygen atoms in total. The highest BCUT2D eigenvalue weighted by Crippen LogP contribution is 2.29. The first-order valence-corrected chi connectivity index (χ1v) is 11.8. The first-order valence-electron chi connectivity index (χ1n) is 10.4. The Hall–Kier alpha value is -3.57. The summed E-state index contributed by atoms with van der Waals surface area (Å²) in [5, 5.41) is 9.37. The average Bonchev–Trinajstić information content (AvgIpc) is 2.80. The number of rotatable bonds is 6. The molecule has 0 unspecified atom stereocenters. The Morgan fingerprint density at radius 2 is 1.03 bits per heavy atom. The van der Waals surface area contributed by atoms with Gasteiger partial charge in [-0.05, 0) is 83.3 Å². The normalized spacial score (nSPS) is 11.5. The summed E-state index contributed by atoms with van der Waals surface area (Å²) in [5.41, 5.74) is 3.55. The van der Waals surface area contributed by atoms with Crippen molar-refractivity contribution in [2.45, 2.75) is 29.6 Å². The third kappa shape index (κ3) is 4.68. The molecule has 4 aromatic rings. The van der Waals surface area contributed by atoms with E-state index in [-0.39, 0.29) is 15.5 Å². The number of phenolic OH excluding ortho intramolecular Hbond substituents is 1. The maximum absolute atomic E-state index is 12.7. The van der Waals surface area contributed by atoms with Crippen LogP contribution in [0, 0.1) is 0 Å². The van der Waals surface area contributed by atoms with Crippen molar-refractivity contribution in [2.24, 2.45) is 0 Å². The van der Waals surface area contributed by atoms with Gasteiger partial charge < -0.3 is 9.84 Å². The molecule has 0 aliphatic carbocycles. The zero-order valence-corrected chi connectivity index (χ0v) is 18.7. The number of aromatic hydroxyl groups is 1. The molecule has 0 saturated heterocycles. The Bertz CT molecular complexity index is 1290. The van der Waals surface area contributed by atoms with Gasteiger partial charge in [0, 0.05) is 0 Å². The van der Waals surface area contributed by atoms with Crippen LogP contribution in [0.1, 0.15) is 25.3 Å². The van der Waals surface area contributed by atoms with E-state index in [2.05, 4.69) is 38.1 Å². The van der Waals surface area contributed by atoms with E-state index in [1.807, 2.05) is 24.3 Å². The fraction of sp³-hybridized carbons (Fsp3) is 0.111. The summed E-state index contributed by atoms with van der Waals surface area (Å²) >= 11 is 0. The molecule has 0 atom stereocenters. The maximum atomic E-state index is 12.7. The molecular formula is C27H24O4S. The molecule has 5 heteroatoms. The molecule has 4 rings (SSSR count). The van der Waals surface area contributed by atoms with Crippen LogP contribution in [0.25, 0.3) is 11.1 Å². The molecule has 162 valence electrons. The zero-order chi connectivity index (χ0) is 22.7. The number of benzene rings is 4. The number of phenols is 1. The van der Waals surface area contributed by atoms with E-state index in [0.717, 1.165) is 11.1 Å². The van der Waals surface area contributed by atoms with Crippen LogP contribution in [0.5, 0.6) is 17.2 Å². The highest BCUT2D eigenvalue weighted by Gasteiger charge is 2.17. The van der Waals surface area contributed by atoms with Gasteiger partial charge in [-0.2, -0.15) is 0 Å². The van der Waals surface area contributed by atoms with Crippen molar-refractivity contribution in [3.05, 3.63) is 103 Å². The Balaban J connectivity index is 1.47. The van der Waals surface area contributed by atoms with Crippen molar-refractivity contribution in [1.29, 1.82) is 0 Å². The summed E-state index contributed by atoms with van der Waals surface area (Å²) in [4.78, 5) is 0.289. The fourth-order valence-corrected chi connectivity index (χ4v) is 4.62. The van der Waals surface area contributed by atoms with Crippen LogP contribution >= 0.6 is 0 Å². The van der Waals surface area contributed by atoms with Gasteiger partial charge in [-0.1, -0.05) is 50.2 Å². The lowest BCUT2D eigenvalue weighted by Crippen LogP contribution is -2.01. The summed E-state index contributed by atoms with van der Waals surface area (Å²) in [7, 11) is -3.66. The van der Waals surface area contributed by atoms with Crippen molar-refractivity contribution < 1.29 is 18.3 Å². The quantitative estimate of drug-likeness (QED) is 0.355. The third-order valence-electron chi connectivity index (χ3n) is 5.28. The molecule has 0 aromatic heterocycles. The predicted molar refractivity (Wildman–Crippen MR) is 126 cm³/mol. The van der Waals surface area contributed by atoms with Gasteiger partial charge >= 0.3 is 0 Å². The van der Waals surface area contributed by atoms with Crippen LogP contribution in [-0.2, 0) is 9.84 Å². The lowest BCUT2D eigenvalue weighted by molar-refractivity contribution is 0.475. The molecule has 0 aliphatic rings. The fourth-order valence-electron chi connectivity index (χ4n) is 3.36. The van der Waals surface area contributed by atoms with Crippen LogP contribution in [0.2, 0.25) is 0 Å². The monoisotopic (exact) mass is 444 g/mol. The van der Waals surface area contributed by atoms with Crippen molar-refractivity contribution in [1.82, 2.24) is 0 Å². The molecule has 0 aliphatic heterocycles. The van der Waals surface area contributed by atoms with Gasteiger partial charge in [0.2, 0.25) is 9.84 Å². The number of ether oxygens (including phenoxy) is 1. The van der Waals surface area contributed by atoms with Crippen LogP contribution in [0.3, 0.4) is 0 Å². The number of hydrogen-bond donors (Lipinski definition) is 1. The molecule has 0 amide bonds. The Labute approximate surface area is 188 Å². The van der Waals surface area contributed by atoms with E-state index in [9.17, 15) is 13.5 Å². The molecule has 4 aromatic carbocycles. The summed E-state index contributed by atoms with van der Waals surface area (Å²) in [5.74, 6) is 1.74. The highest BCUT2D eigenvalue weighted by atomic mass is 32.2. The van der Waals surface area contributed by atoms with Crippen LogP contribution in [0.15, 0.2) is 107 Å². The van der Waals surface area contributed by atoms with Crippen LogP contribution in [0.4, 0.5) is 0 Å². The van der Waals surface area contributed by atoms with Gasteiger partial charge in [0.25, 0.3) is 0 Å². The molecule has 0 heterocycles. The highest BCUT2D eigenvalue weighted by molar-refractivity contribution is 7.91. The molecular weight excluding hydrogens is 420 g/mol. The molecule has 0 saturated carbocycles. The van der Waals surface area contributed by atoms with Crippen molar-refractivity contribution in [2.75, 3.05) is 0 Å². The summed E-state index contributed by atoms with van der Waals surface area (Å²) in [6, 6.07) is 28.1. The van der Waals surface area contributed by atoms with Gasteiger partial charge in [-0.3, -0.25) is 0 Å². The molecule has 0 spiro atoms. The summed E-state index contributed by atoms with van der Waals surface area (Å²) in [6.45, 7) is 4.35. The lowest BCUT2D eigenvalue weighted by atomic mass is 9.99. The lowest BCUT2D eigenvalue weighted by Gasteiger charge is -2.10. The first-order chi connectivity index (χ1) is 15.3.